The van der Waals surface area contributed by atoms with Gasteiger partial charge in [-0.05, 0) is 67.8 Å². The van der Waals surface area contributed by atoms with Gasteiger partial charge in [0.15, 0.2) is 0 Å². The van der Waals surface area contributed by atoms with Crippen molar-refractivity contribution >= 4 is 27.3 Å². The second-order valence-electron chi connectivity index (χ2n) is 6.67. The molecule has 144 valence electrons. The van der Waals surface area contributed by atoms with Crippen LogP contribution in [0.5, 0.6) is 0 Å². The molecule has 0 atom stereocenters. The number of benzene rings is 3. The summed E-state index contributed by atoms with van der Waals surface area (Å²) < 4.78 is 27.8. The van der Waals surface area contributed by atoms with Gasteiger partial charge in [-0.2, -0.15) is 0 Å². The van der Waals surface area contributed by atoms with Gasteiger partial charge in [0.05, 0.1) is 10.6 Å². The first-order valence-electron chi connectivity index (χ1n) is 8.84. The summed E-state index contributed by atoms with van der Waals surface area (Å²) in [7, 11) is -3.73. The van der Waals surface area contributed by atoms with E-state index in [4.69, 9.17) is 0 Å². The molecular formula is C22H22N2O3S. The Bertz CT molecular complexity index is 1120. The molecule has 0 radical (unpaired) electrons. The van der Waals surface area contributed by atoms with Crippen molar-refractivity contribution in [1.29, 1.82) is 0 Å². The van der Waals surface area contributed by atoms with E-state index in [0.717, 1.165) is 16.8 Å². The smallest absolute Gasteiger partial charge is 0.261 e. The molecule has 6 heteroatoms. The maximum absolute atomic E-state index is 12.8. The summed E-state index contributed by atoms with van der Waals surface area (Å²) in [5.74, 6) is -0.285. The standard InChI is InChI=1S/C22H22N2O3S/c1-15-12-13-16(2)21(14-15)23-22(25)19-10-7-11-20(17(19)3)24-28(26,27)18-8-5-4-6-9-18/h4-14,24H,1-3H3,(H,23,25). The van der Waals surface area contributed by atoms with Crippen molar-refractivity contribution in [3.05, 3.63) is 89.0 Å². The summed E-state index contributed by atoms with van der Waals surface area (Å²) in [5.41, 5.74) is 4.08. The third kappa shape index (κ3) is 4.23. The van der Waals surface area contributed by atoms with Crippen LogP contribution in [0, 0.1) is 20.8 Å². The number of carbonyl (C=O) groups excluding carboxylic acids is 1. The van der Waals surface area contributed by atoms with E-state index in [9.17, 15) is 13.2 Å². The van der Waals surface area contributed by atoms with Crippen LogP contribution < -0.4 is 10.0 Å². The second kappa shape index (κ2) is 7.86. The fourth-order valence-electron chi connectivity index (χ4n) is 2.86. The zero-order chi connectivity index (χ0) is 20.3. The molecule has 0 bridgehead atoms. The lowest BCUT2D eigenvalue weighted by molar-refractivity contribution is 0.102. The minimum absolute atomic E-state index is 0.166. The van der Waals surface area contributed by atoms with Gasteiger partial charge in [0.2, 0.25) is 0 Å². The Kier molecular flexibility index (Phi) is 5.51. The van der Waals surface area contributed by atoms with E-state index in [1.54, 1.807) is 43.3 Å². The Labute approximate surface area is 165 Å². The van der Waals surface area contributed by atoms with Gasteiger partial charge in [0, 0.05) is 11.3 Å². The number of anilines is 2. The maximum atomic E-state index is 12.8. The zero-order valence-corrected chi connectivity index (χ0v) is 16.8. The molecule has 0 fully saturated rings. The Morgan fingerprint density at radius 2 is 1.54 bits per heavy atom. The number of rotatable bonds is 5. The summed E-state index contributed by atoms with van der Waals surface area (Å²) in [6.07, 6.45) is 0. The monoisotopic (exact) mass is 394 g/mol. The van der Waals surface area contributed by atoms with E-state index < -0.39 is 10.0 Å². The van der Waals surface area contributed by atoms with E-state index in [0.29, 0.717) is 16.8 Å². The van der Waals surface area contributed by atoms with Crippen LogP contribution in [0.15, 0.2) is 71.6 Å². The fraction of sp³-hybridized carbons (Fsp3) is 0.136. The third-order valence-corrected chi connectivity index (χ3v) is 5.90. The van der Waals surface area contributed by atoms with Crippen LogP contribution in [0.25, 0.3) is 0 Å². The molecule has 0 aliphatic heterocycles. The van der Waals surface area contributed by atoms with Gasteiger partial charge in [0.1, 0.15) is 0 Å². The number of aryl methyl sites for hydroxylation is 2. The Balaban J connectivity index is 1.89. The lowest BCUT2D eigenvalue weighted by Crippen LogP contribution is -2.17. The molecule has 5 nitrogen and oxygen atoms in total. The van der Waals surface area contributed by atoms with E-state index in [2.05, 4.69) is 10.0 Å². The summed E-state index contributed by atoms with van der Waals surface area (Å²) in [4.78, 5) is 13.0. The van der Waals surface area contributed by atoms with Crippen LogP contribution in [0.2, 0.25) is 0 Å². The van der Waals surface area contributed by atoms with Crippen LogP contribution in [0.3, 0.4) is 0 Å². The van der Waals surface area contributed by atoms with Gasteiger partial charge < -0.3 is 5.32 Å². The van der Waals surface area contributed by atoms with E-state index in [-0.39, 0.29) is 10.8 Å². The molecule has 1 amide bonds. The molecule has 3 rings (SSSR count). The van der Waals surface area contributed by atoms with Crippen LogP contribution >= 0.6 is 0 Å². The molecular weight excluding hydrogens is 372 g/mol. The fourth-order valence-corrected chi connectivity index (χ4v) is 4.00. The van der Waals surface area contributed by atoms with Crippen LogP contribution in [-0.4, -0.2) is 14.3 Å². The van der Waals surface area contributed by atoms with Crippen molar-refractivity contribution < 1.29 is 13.2 Å². The maximum Gasteiger partial charge on any atom is 0.261 e. The summed E-state index contributed by atoms with van der Waals surface area (Å²) >= 11 is 0. The molecule has 0 unspecified atom stereocenters. The summed E-state index contributed by atoms with van der Waals surface area (Å²) in [6, 6.07) is 18.9. The zero-order valence-electron chi connectivity index (χ0n) is 16.0. The predicted octanol–water partition coefficient (Wildman–Crippen LogP) is 4.66. The molecule has 2 N–H and O–H groups in total. The molecule has 28 heavy (non-hydrogen) atoms. The van der Waals surface area contributed by atoms with E-state index >= 15 is 0 Å². The van der Waals surface area contributed by atoms with Crippen LogP contribution in [0.4, 0.5) is 11.4 Å². The average molecular weight is 394 g/mol. The van der Waals surface area contributed by atoms with Gasteiger partial charge in [-0.25, -0.2) is 8.42 Å². The molecule has 3 aromatic rings. The quantitative estimate of drug-likeness (QED) is 0.661. The van der Waals surface area contributed by atoms with Gasteiger partial charge in [-0.3, -0.25) is 9.52 Å². The highest BCUT2D eigenvalue weighted by Crippen LogP contribution is 2.24. The van der Waals surface area contributed by atoms with Crippen LogP contribution in [-0.2, 0) is 10.0 Å². The Morgan fingerprint density at radius 1 is 0.821 bits per heavy atom. The Morgan fingerprint density at radius 3 is 2.25 bits per heavy atom. The van der Waals surface area contributed by atoms with Crippen molar-refractivity contribution in [3.63, 3.8) is 0 Å². The van der Waals surface area contributed by atoms with E-state index in [1.165, 1.54) is 12.1 Å². The highest BCUT2D eigenvalue weighted by Gasteiger charge is 2.18. The molecule has 0 aromatic heterocycles. The number of nitrogens with one attached hydrogen (secondary N) is 2. The molecule has 3 aromatic carbocycles. The van der Waals surface area contributed by atoms with Crippen molar-refractivity contribution in [3.8, 4) is 0 Å². The van der Waals surface area contributed by atoms with Gasteiger partial charge in [-0.15, -0.1) is 0 Å². The minimum Gasteiger partial charge on any atom is -0.322 e. The first-order valence-corrected chi connectivity index (χ1v) is 10.3. The van der Waals surface area contributed by atoms with Crippen molar-refractivity contribution in [2.75, 3.05) is 10.0 Å². The highest BCUT2D eigenvalue weighted by molar-refractivity contribution is 7.92. The number of amides is 1. The highest BCUT2D eigenvalue weighted by atomic mass is 32.2. The lowest BCUT2D eigenvalue weighted by Gasteiger charge is -2.15. The molecule has 0 saturated heterocycles. The van der Waals surface area contributed by atoms with Crippen LogP contribution in [0.1, 0.15) is 27.0 Å². The minimum atomic E-state index is -3.73. The number of sulfonamides is 1. The molecule has 0 aliphatic carbocycles. The molecule has 0 heterocycles. The average Bonchev–Trinajstić information content (AvgIpc) is 2.67. The normalized spacial score (nSPS) is 11.1. The second-order valence-corrected chi connectivity index (χ2v) is 8.35. The lowest BCUT2D eigenvalue weighted by atomic mass is 10.1. The van der Waals surface area contributed by atoms with Crippen molar-refractivity contribution in [1.82, 2.24) is 0 Å². The number of hydrogen-bond donors (Lipinski definition) is 2. The number of hydrogen-bond acceptors (Lipinski definition) is 3. The predicted molar refractivity (Wildman–Crippen MR) is 112 cm³/mol. The van der Waals surface area contributed by atoms with Crippen molar-refractivity contribution in [2.45, 2.75) is 25.7 Å². The molecule has 0 saturated carbocycles. The first-order chi connectivity index (χ1) is 13.3. The summed E-state index contributed by atoms with van der Waals surface area (Å²) in [5, 5.41) is 2.91. The van der Waals surface area contributed by atoms with Crippen molar-refractivity contribution in [2.24, 2.45) is 0 Å². The van der Waals surface area contributed by atoms with Gasteiger partial charge in [0.25, 0.3) is 15.9 Å². The van der Waals surface area contributed by atoms with Gasteiger partial charge in [-0.1, -0.05) is 36.4 Å². The summed E-state index contributed by atoms with van der Waals surface area (Å²) in [6.45, 7) is 5.60. The third-order valence-electron chi connectivity index (χ3n) is 4.52. The first kappa shape index (κ1) is 19.6. The van der Waals surface area contributed by atoms with Gasteiger partial charge >= 0.3 is 0 Å². The topological polar surface area (TPSA) is 75.3 Å². The van der Waals surface area contributed by atoms with E-state index in [1.807, 2.05) is 32.0 Å². The molecule has 0 aliphatic rings. The number of carbonyl (C=O) groups is 1. The largest absolute Gasteiger partial charge is 0.322 e. The Hall–Kier alpha value is -3.12. The SMILES string of the molecule is Cc1ccc(C)c(NC(=O)c2cccc(NS(=O)(=O)c3ccccc3)c2C)c1. The molecule has 0 spiro atoms.